The highest BCUT2D eigenvalue weighted by atomic mass is 16.5. The summed E-state index contributed by atoms with van der Waals surface area (Å²) in [5.41, 5.74) is 4.84. The minimum Gasteiger partial charge on any atom is -0.378 e. The summed E-state index contributed by atoms with van der Waals surface area (Å²) in [5, 5.41) is 12.0. The van der Waals surface area contributed by atoms with Crippen LogP contribution >= 0.6 is 0 Å². The normalized spacial score (nSPS) is 23.1. The van der Waals surface area contributed by atoms with E-state index in [9.17, 15) is 0 Å². The van der Waals surface area contributed by atoms with E-state index in [1.54, 1.807) is 0 Å². The van der Waals surface area contributed by atoms with Gasteiger partial charge < -0.3 is 4.74 Å². The van der Waals surface area contributed by atoms with Gasteiger partial charge >= 0.3 is 0 Å². The molecule has 1 atom stereocenters. The number of morpholine rings is 1. The lowest BCUT2D eigenvalue weighted by Gasteiger charge is -2.37. The first-order chi connectivity index (χ1) is 11.2. The number of hydrogen-bond acceptors (Lipinski definition) is 4. The molecule has 4 rings (SSSR count). The first-order valence-electron chi connectivity index (χ1n) is 8.59. The summed E-state index contributed by atoms with van der Waals surface area (Å²) in [7, 11) is 0. The molecular weight excluding hydrogens is 290 g/mol. The van der Waals surface area contributed by atoms with E-state index in [1.165, 1.54) is 30.5 Å². The number of aryl methyl sites for hydroxylation is 2. The van der Waals surface area contributed by atoms with Gasteiger partial charge in [-0.1, -0.05) is 0 Å². The largest absolute Gasteiger partial charge is 0.378 e. The quantitative estimate of drug-likeness (QED) is 0.942. The zero-order chi connectivity index (χ0) is 15.8. The van der Waals surface area contributed by atoms with Crippen LogP contribution in [0.3, 0.4) is 0 Å². The van der Waals surface area contributed by atoms with Crippen LogP contribution in [-0.2, 0) is 11.3 Å². The summed E-state index contributed by atoms with van der Waals surface area (Å²) in [5.74, 6) is 0. The zero-order valence-corrected chi connectivity index (χ0v) is 14.0. The lowest BCUT2D eigenvalue weighted by Crippen LogP contribution is -2.40. The fourth-order valence-electron chi connectivity index (χ4n) is 3.78. The van der Waals surface area contributed by atoms with Crippen LogP contribution in [0.4, 0.5) is 0 Å². The molecular formula is C17H25N5O. The number of nitrogens with one attached hydrogen (secondary N) is 1. The summed E-state index contributed by atoms with van der Waals surface area (Å²) in [4.78, 5) is 2.51. The van der Waals surface area contributed by atoms with Crippen LogP contribution in [0.15, 0.2) is 12.3 Å². The maximum atomic E-state index is 5.77. The molecule has 3 heterocycles. The number of aromatic nitrogens is 4. The lowest BCUT2D eigenvalue weighted by molar-refractivity contribution is -0.0146. The lowest BCUT2D eigenvalue weighted by atomic mass is 9.93. The Morgan fingerprint density at radius 1 is 1.35 bits per heavy atom. The molecule has 1 N–H and O–H groups in total. The average molecular weight is 315 g/mol. The summed E-state index contributed by atoms with van der Waals surface area (Å²) in [6.45, 7) is 7.58. The maximum Gasteiger partial charge on any atom is 0.0665 e. The van der Waals surface area contributed by atoms with E-state index >= 15 is 0 Å². The molecule has 2 aliphatic rings. The van der Waals surface area contributed by atoms with Crippen LogP contribution < -0.4 is 0 Å². The van der Waals surface area contributed by atoms with E-state index in [0.29, 0.717) is 6.04 Å². The van der Waals surface area contributed by atoms with Gasteiger partial charge in [0.25, 0.3) is 0 Å². The highest BCUT2D eigenvalue weighted by Gasteiger charge is 2.30. The van der Waals surface area contributed by atoms with E-state index < -0.39 is 0 Å². The molecule has 1 aliphatic carbocycles. The maximum absolute atomic E-state index is 5.77. The highest BCUT2D eigenvalue weighted by molar-refractivity contribution is 5.28. The van der Waals surface area contributed by atoms with E-state index in [4.69, 9.17) is 4.74 Å². The predicted octanol–water partition coefficient (Wildman–Crippen LogP) is 2.52. The monoisotopic (exact) mass is 315 g/mol. The third-order valence-electron chi connectivity index (χ3n) is 5.30. The number of rotatable bonds is 4. The third-order valence-corrected chi connectivity index (χ3v) is 5.30. The van der Waals surface area contributed by atoms with Gasteiger partial charge in [0.15, 0.2) is 0 Å². The average Bonchev–Trinajstić information content (AvgIpc) is 3.06. The van der Waals surface area contributed by atoms with E-state index in [2.05, 4.69) is 44.8 Å². The molecule has 1 saturated heterocycles. The van der Waals surface area contributed by atoms with Gasteiger partial charge in [0.1, 0.15) is 0 Å². The Labute approximate surface area is 136 Å². The Hall–Kier alpha value is -1.66. The van der Waals surface area contributed by atoms with Gasteiger partial charge in [-0.15, -0.1) is 0 Å². The predicted molar refractivity (Wildman–Crippen MR) is 87.1 cm³/mol. The van der Waals surface area contributed by atoms with Crippen LogP contribution in [0, 0.1) is 13.8 Å². The Kier molecular flexibility index (Phi) is 3.95. The molecule has 1 unspecified atom stereocenters. The molecule has 1 saturated carbocycles. The first-order valence-corrected chi connectivity index (χ1v) is 8.59. The van der Waals surface area contributed by atoms with Crippen molar-refractivity contribution < 1.29 is 4.74 Å². The van der Waals surface area contributed by atoms with Crippen LogP contribution in [0.25, 0.3) is 0 Å². The molecule has 6 nitrogen and oxygen atoms in total. The van der Waals surface area contributed by atoms with Crippen LogP contribution in [-0.4, -0.2) is 44.6 Å². The van der Waals surface area contributed by atoms with Crippen molar-refractivity contribution in [2.75, 3.05) is 19.8 Å². The number of nitrogens with zero attached hydrogens (tertiary/aromatic N) is 4. The van der Waals surface area contributed by atoms with Gasteiger partial charge in [-0.3, -0.25) is 14.7 Å². The van der Waals surface area contributed by atoms with Crippen molar-refractivity contribution in [3.63, 3.8) is 0 Å². The second kappa shape index (κ2) is 6.09. The van der Waals surface area contributed by atoms with Gasteiger partial charge in [0.05, 0.1) is 36.7 Å². The van der Waals surface area contributed by atoms with Crippen molar-refractivity contribution >= 4 is 0 Å². The Balaban J connectivity index is 1.58. The SMILES string of the molecule is Cc1n[nH]c(C)c1C1COCCN1Cc1ccnn1C1CCC1. The van der Waals surface area contributed by atoms with Crippen LogP contribution in [0.1, 0.15) is 54.0 Å². The highest BCUT2D eigenvalue weighted by Crippen LogP contribution is 2.34. The third kappa shape index (κ3) is 2.70. The number of hydrogen-bond donors (Lipinski definition) is 1. The van der Waals surface area contributed by atoms with Crippen LogP contribution in [0.2, 0.25) is 0 Å². The molecule has 2 fully saturated rings. The van der Waals surface area contributed by atoms with E-state index in [1.807, 2.05) is 6.20 Å². The fraction of sp³-hybridized carbons (Fsp3) is 0.647. The van der Waals surface area contributed by atoms with Gasteiger partial charge in [0.2, 0.25) is 0 Å². The van der Waals surface area contributed by atoms with Crippen molar-refractivity contribution in [1.82, 2.24) is 24.9 Å². The molecule has 1 aliphatic heterocycles. The number of H-pyrrole nitrogens is 1. The van der Waals surface area contributed by atoms with Crippen molar-refractivity contribution in [3.05, 3.63) is 34.9 Å². The minimum atomic E-state index is 0.271. The van der Waals surface area contributed by atoms with Crippen molar-refractivity contribution in [2.45, 2.75) is 51.7 Å². The molecule has 6 heteroatoms. The Morgan fingerprint density at radius 3 is 2.91 bits per heavy atom. The van der Waals surface area contributed by atoms with E-state index in [-0.39, 0.29) is 6.04 Å². The summed E-state index contributed by atoms with van der Waals surface area (Å²) < 4.78 is 8.01. The minimum absolute atomic E-state index is 0.271. The Bertz CT molecular complexity index is 653. The molecule has 0 spiro atoms. The van der Waals surface area contributed by atoms with Crippen LogP contribution in [0.5, 0.6) is 0 Å². The molecule has 0 bridgehead atoms. The molecule has 124 valence electrons. The summed E-state index contributed by atoms with van der Waals surface area (Å²) in [6.07, 6.45) is 5.80. The number of ether oxygens (including phenoxy) is 1. The van der Waals surface area contributed by atoms with Gasteiger partial charge in [-0.25, -0.2) is 0 Å². The molecule has 0 amide bonds. The second-order valence-corrected chi connectivity index (χ2v) is 6.76. The van der Waals surface area contributed by atoms with E-state index in [0.717, 1.165) is 37.7 Å². The number of aromatic amines is 1. The zero-order valence-electron chi connectivity index (χ0n) is 14.0. The van der Waals surface area contributed by atoms with Gasteiger partial charge in [0, 0.05) is 30.5 Å². The van der Waals surface area contributed by atoms with Crippen molar-refractivity contribution in [3.8, 4) is 0 Å². The second-order valence-electron chi connectivity index (χ2n) is 6.76. The summed E-state index contributed by atoms with van der Waals surface area (Å²) in [6, 6.07) is 3.05. The fourth-order valence-corrected chi connectivity index (χ4v) is 3.78. The van der Waals surface area contributed by atoms with Crippen molar-refractivity contribution in [2.24, 2.45) is 0 Å². The first kappa shape index (κ1) is 14.9. The topological polar surface area (TPSA) is 59.0 Å². The molecule has 0 radical (unpaired) electrons. The molecule has 2 aromatic rings. The van der Waals surface area contributed by atoms with Gasteiger partial charge in [-0.05, 0) is 39.2 Å². The molecule has 0 aromatic carbocycles. The molecule has 2 aromatic heterocycles. The van der Waals surface area contributed by atoms with Crippen molar-refractivity contribution in [1.29, 1.82) is 0 Å². The van der Waals surface area contributed by atoms with Gasteiger partial charge in [-0.2, -0.15) is 10.2 Å². The summed E-state index contributed by atoms with van der Waals surface area (Å²) >= 11 is 0. The smallest absolute Gasteiger partial charge is 0.0665 e. The standard InChI is InChI=1S/C17H25N5O/c1-12-17(13(2)20-19-12)16-11-23-9-8-21(16)10-15-6-7-18-22(15)14-4-3-5-14/h6-7,14,16H,3-5,8-11H2,1-2H3,(H,19,20). The Morgan fingerprint density at radius 2 is 2.22 bits per heavy atom. The molecule has 23 heavy (non-hydrogen) atoms.